The molecular formula is C15H23NO. The topological polar surface area (TPSA) is 35.2 Å². The molecule has 0 spiro atoms. The molecule has 0 radical (unpaired) electrons. The monoisotopic (exact) mass is 233 g/mol. The van der Waals surface area contributed by atoms with Gasteiger partial charge in [0.1, 0.15) is 0 Å². The number of hydrogen-bond donors (Lipinski definition) is 1. The predicted octanol–water partition coefficient (Wildman–Crippen LogP) is 2.60. The fraction of sp³-hybridized carbons (Fsp3) is 0.600. The van der Waals surface area contributed by atoms with E-state index >= 15 is 0 Å². The van der Waals surface area contributed by atoms with Crippen LogP contribution in [-0.2, 0) is 11.2 Å². The SMILES string of the molecule is Cc1cc(C)cc(CC2(CN)CCOC2C)c1. The van der Waals surface area contributed by atoms with E-state index in [0.717, 1.165) is 19.4 Å². The van der Waals surface area contributed by atoms with Crippen LogP contribution in [0.15, 0.2) is 18.2 Å². The lowest BCUT2D eigenvalue weighted by Crippen LogP contribution is -2.38. The van der Waals surface area contributed by atoms with Crippen LogP contribution in [0.2, 0.25) is 0 Å². The molecule has 2 atom stereocenters. The molecular weight excluding hydrogens is 210 g/mol. The Hall–Kier alpha value is -0.860. The minimum Gasteiger partial charge on any atom is -0.378 e. The third-order valence-corrected chi connectivity index (χ3v) is 4.07. The van der Waals surface area contributed by atoms with Crippen molar-refractivity contribution in [2.45, 2.75) is 39.7 Å². The highest BCUT2D eigenvalue weighted by Gasteiger charge is 2.40. The van der Waals surface area contributed by atoms with Gasteiger partial charge in [0, 0.05) is 18.6 Å². The molecule has 2 rings (SSSR count). The van der Waals surface area contributed by atoms with E-state index in [1.807, 2.05) is 0 Å². The van der Waals surface area contributed by atoms with Gasteiger partial charge in [-0.2, -0.15) is 0 Å². The molecule has 1 aliphatic rings. The molecule has 1 heterocycles. The molecule has 1 aromatic carbocycles. The van der Waals surface area contributed by atoms with Gasteiger partial charge in [-0.1, -0.05) is 29.3 Å². The van der Waals surface area contributed by atoms with Gasteiger partial charge >= 0.3 is 0 Å². The molecule has 0 aromatic heterocycles. The smallest absolute Gasteiger partial charge is 0.0619 e. The van der Waals surface area contributed by atoms with Crippen molar-refractivity contribution in [2.24, 2.45) is 11.1 Å². The standard InChI is InChI=1S/C15H23NO/c1-11-6-12(2)8-14(7-11)9-15(10-16)4-5-17-13(15)3/h6-8,13H,4-5,9-10,16H2,1-3H3. The van der Waals surface area contributed by atoms with E-state index in [2.05, 4.69) is 39.0 Å². The Balaban J connectivity index is 2.24. The Morgan fingerprint density at radius 1 is 1.29 bits per heavy atom. The second-order valence-corrected chi connectivity index (χ2v) is 5.50. The van der Waals surface area contributed by atoms with Crippen molar-refractivity contribution >= 4 is 0 Å². The molecule has 2 nitrogen and oxygen atoms in total. The zero-order chi connectivity index (χ0) is 12.5. The van der Waals surface area contributed by atoms with E-state index in [1.54, 1.807) is 0 Å². The zero-order valence-electron chi connectivity index (χ0n) is 11.1. The van der Waals surface area contributed by atoms with E-state index in [0.29, 0.717) is 6.54 Å². The average Bonchev–Trinajstić information content (AvgIpc) is 2.59. The molecule has 94 valence electrons. The Bertz CT molecular complexity index is 382. The Morgan fingerprint density at radius 2 is 1.94 bits per heavy atom. The van der Waals surface area contributed by atoms with E-state index in [-0.39, 0.29) is 11.5 Å². The van der Waals surface area contributed by atoms with E-state index in [9.17, 15) is 0 Å². The van der Waals surface area contributed by atoms with Crippen LogP contribution in [0.5, 0.6) is 0 Å². The number of aryl methyl sites for hydroxylation is 2. The predicted molar refractivity (Wildman–Crippen MR) is 71.1 cm³/mol. The third kappa shape index (κ3) is 2.53. The number of ether oxygens (including phenoxy) is 1. The first-order valence-corrected chi connectivity index (χ1v) is 6.44. The van der Waals surface area contributed by atoms with Crippen LogP contribution in [-0.4, -0.2) is 19.3 Å². The Morgan fingerprint density at radius 3 is 2.41 bits per heavy atom. The van der Waals surface area contributed by atoms with Crippen LogP contribution in [0.4, 0.5) is 0 Å². The van der Waals surface area contributed by atoms with E-state index < -0.39 is 0 Å². The third-order valence-electron chi connectivity index (χ3n) is 4.07. The molecule has 0 saturated carbocycles. The maximum Gasteiger partial charge on any atom is 0.0619 e. The van der Waals surface area contributed by atoms with Gasteiger partial charge in [-0.25, -0.2) is 0 Å². The summed E-state index contributed by atoms with van der Waals surface area (Å²) >= 11 is 0. The highest BCUT2D eigenvalue weighted by Crippen LogP contribution is 2.37. The number of hydrogen-bond acceptors (Lipinski definition) is 2. The molecule has 1 aromatic rings. The molecule has 1 fully saturated rings. The van der Waals surface area contributed by atoms with Gasteiger partial charge in [0.05, 0.1) is 6.10 Å². The lowest BCUT2D eigenvalue weighted by atomic mass is 9.76. The van der Waals surface area contributed by atoms with Crippen LogP contribution in [0.1, 0.15) is 30.0 Å². The first kappa shape index (κ1) is 12.6. The molecule has 1 saturated heterocycles. The summed E-state index contributed by atoms with van der Waals surface area (Å²) in [5.74, 6) is 0. The van der Waals surface area contributed by atoms with Gasteiger partial charge in [-0.05, 0) is 39.2 Å². The lowest BCUT2D eigenvalue weighted by molar-refractivity contribution is 0.0673. The highest BCUT2D eigenvalue weighted by atomic mass is 16.5. The first-order chi connectivity index (χ1) is 8.05. The van der Waals surface area contributed by atoms with Gasteiger partial charge in [0.2, 0.25) is 0 Å². The van der Waals surface area contributed by atoms with Crippen molar-refractivity contribution in [1.82, 2.24) is 0 Å². The van der Waals surface area contributed by atoms with Crippen molar-refractivity contribution in [3.8, 4) is 0 Å². The van der Waals surface area contributed by atoms with Gasteiger partial charge in [0.25, 0.3) is 0 Å². The fourth-order valence-electron chi connectivity index (χ4n) is 2.97. The summed E-state index contributed by atoms with van der Waals surface area (Å²) < 4.78 is 5.71. The van der Waals surface area contributed by atoms with Crippen LogP contribution in [0, 0.1) is 19.3 Å². The Kier molecular flexibility index (Phi) is 3.55. The molecule has 0 aliphatic carbocycles. The normalized spacial score (nSPS) is 28.6. The van der Waals surface area contributed by atoms with Gasteiger partial charge in [-0.3, -0.25) is 0 Å². The molecule has 0 bridgehead atoms. The molecule has 0 amide bonds. The number of benzene rings is 1. The van der Waals surface area contributed by atoms with Crippen molar-refractivity contribution in [3.05, 3.63) is 34.9 Å². The summed E-state index contributed by atoms with van der Waals surface area (Å²) in [4.78, 5) is 0. The van der Waals surface area contributed by atoms with Crippen LogP contribution in [0.25, 0.3) is 0 Å². The van der Waals surface area contributed by atoms with Crippen molar-refractivity contribution in [2.75, 3.05) is 13.2 Å². The van der Waals surface area contributed by atoms with E-state index in [4.69, 9.17) is 10.5 Å². The quantitative estimate of drug-likeness (QED) is 0.871. The average molecular weight is 233 g/mol. The van der Waals surface area contributed by atoms with E-state index in [1.165, 1.54) is 16.7 Å². The summed E-state index contributed by atoms with van der Waals surface area (Å²) in [6, 6.07) is 6.76. The Labute approximate surface area is 104 Å². The summed E-state index contributed by atoms with van der Waals surface area (Å²) in [7, 11) is 0. The van der Waals surface area contributed by atoms with Crippen molar-refractivity contribution < 1.29 is 4.74 Å². The summed E-state index contributed by atoms with van der Waals surface area (Å²) in [6.07, 6.45) is 2.39. The summed E-state index contributed by atoms with van der Waals surface area (Å²) in [6.45, 7) is 8.02. The van der Waals surface area contributed by atoms with Crippen LogP contribution >= 0.6 is 0 Å². The minimum atomic E-state index is 0.139. The van der Waals surface area contributed by atoms with Crippen LogP contribution < -0.4 is 5.73 Å². The van der Waals surface area contributed by atoms with Gasteiger partial charge < -0.3 is 10.5 Å². The molecule has 1 aliphatic heterocycles. The van der Waals surface area contributed by atoms with Crippen molar-refractivity contribution in [1.29, 1.82) is 0 Å². The van der Waals surface area contributed by atoms with Crippen LogP contribution in [0.3, 0.4) is 0 Å². The minimum absolute atomic E-state index is 0.139. The zero-order valence-corrected chi connectivity index (χ0v) is 11.1. The largest absolute Gasteiger partial charge is 0.378 e. The van der Waals surface area contributed by atoms with Gasteiger partial charge in [-0.15, -0.1) is 0 Å². The fourth-order valence-corrected chi connectivity index (χ4v) is 2.97. The highest BCUT2D eigenvalue weighted by molar-refractivity contribution is 5.29. The number of rotatable bonds is 3. The summed E-state index contributed by atoms with van der Waals surface area (Å²) in [5.41, 5.74) is 10.2. The number of nitrogens with two attached hydrogens (primary N) is 1. The second kappa shape index (κ2) is 4.79. The molecule has 2 N–H and O–H groups in total. The van der Waals surface area contributed by atoms with Gasteiger partial charge in [0.15, 0.2) is 0 Å². The van der Waals surface area contributed by atoms with Crippen molar-refractivity contribution in [3.63, 3.8) is 0 Å². The maximum absolute atomic E-state index is 6.00. The maximum atomic E-state index is 6.00. The second-order valence-electron chi connectivity index (χ2n) is 5.50. The first-order valence-electron chi connectivity index (χ1n) is 6.44. The summed E-state index contributed by atoms with van der Waals surface area (Å²) in [5, 5.41) is 0. The molecule has 2 unspecified atom stereocenters. The molecule has 17 heavy (non-hydrogen) atoms. The molecule has 2 heteroatoms. The lowest BCUT2D eigenvalue weighted by Gasteiger charge is -2.31.